The lowest BCUT2D eigenvalue weighted by Crippen LogP contribution is -1.98. The Labute approximate surface area is 74.0 Å². The molecule has 1 aromatic carbocycles. The number of hydrogen-bond acceptors (Lipinski definition) is 2. The number of nitrogen functional groups attached to an aromatic ring is 1. The van der Waals surface area contributed by atoms with Crippen molar-refractivity contribution in [3.8, 4) is 5.75 Å². The molecule has 1 rings (SSSR count). The van der Waals surface area contributed by atoms with Crippen LogP contribution in [0.5, 0.6) is 5.75 Å². The van der Waals surface area contributed by atoms with Crippen molar-refractivity contribution >= 4 is 13.0 Å². The van der Waals surface area contributed by atoms with E-state index in [9.17, 15) is 0 Å². The Morgan fingerprint density at radius 3 is 2.75 bits per heavy atom. The maximum absolute atomic E-state index is 5.80. The van der Waals surface area contributed by atoms with Crippen LogP contribution in [0.1, 0.15) is 5.56 Å². The molecular weight excluding hydrogens is 149 g/mol. The first-order valence-electron chi connectivity index (χ1n) is 4.20. The highest BCUT2D eigenvalue weighted by Gasteiger charge is 1.99. The Morgan fingerprint density at radius 2 is 2.25 bits per heavy atom. The zero-order chi connectivity index (χ0) is 8.97. The average molecular weight is 163 g/mol. The molecule has 0 heterocycles. The third-order valence-corrected chi connectivity index (χ3v) is 1.87. The van der Waals surface area contributed by atoms with E-state index in [1.54, 1.807) is 7.11 Å². The predicted molar refractivity (Wildman–Crippen MR) is 54.1 cm³/mol. The molecule has 0 aliphatic carbocycles. The van der Waals surface area contributed by atoms with Gasteiger partial charge in [-0.25, -0.2) is 0 Å². The van der Waals surface area contributed by atoms with E-state index in [-0.39, 0.29) is 0 Å². The van der Waals surface area contributed by atoms with E-state index >= 15 is 0 Å². The van der Waals surface area contributed by atoms with E-state index in [1.807, 2.05) is 18.2 Å². The molecule has 0 aliphatic rings. The monoisotopic (exact) mass is 163 g/mol. The summed E-state index contributed by atoms with van der Waals surface area (Å²) in [6.45, 7) is 2.14. The molecule has 0 saturated carbocycles. The Hall–Kier alpha value is -1.12. The van der Waals surface area contributed by atoms with Crippen molar-refractivity contribution in [2.24, 2.45) is 0 Å². The van der Waals surface area contributed by atoms with Gasteiger partial charge in [-0.05, 0) is 11.6 Å². The molecule has 0 spiro atoms. The summed E-state index contributed by atoms with van der Waals surface area (Å²) in [4.78, 5) is 0. The fourth-order valence-corrected chi connectivity index (χ4v) is 1.20. The largest absolute Gasteiger partial charge is 0.497 e. The van der Waals surface area contributed by atoms with Crippen LogP contribution in [0.4, 0.5) is 5.69 Å². The summed E-state index contributed by atoms with van der Waals surface area (Å²) < 4.78 is 5.05. The minimum absolute atomic E-state index is 0.826. The highest BCUT2D eigenvalue weighted by molar-refractivity contribution is 6.33. The van der Waals surface area contributed by atoms with Crippen molar-refractivity contribution in [2.75, 3.05) is 12.8 Å². The van der Waals surface area contributed by atoms with Gasteiger partial charge in [-0.2, -0.15) is 0 Å². The van der Waals surface area contributed by atoms with Gasteiger partial charge < -0.3 is 10.5 Å². The SMILES string of the molecule is CBCc1ccc(OC)cc1N. The van der Waals surface area contributed by atoms with Crippen molar-refractivity contribution in [1.82, 2.24) is 0 Å². The molecule has 0 amide bonds. The van der Waals surface area contributed by atoms with E-state index in [1.165, 1.54) is 5.56 Å². The van der Waals surface area contributed by atoms with Crippen LogP contribution in [0.3, 0.4) is 0 Å². The summed E-state index contributed by atoms with van der Waals surface area (Å²) >= 11 is 0. The Morgan fingerprint density at radius 1 is 1.50 bits per heavy atom. The van der Waals surface area contributed by atoms with Crippen LogP contribution in [-0.4, -0.2) is 14.4 Å². The minimum atomic E-state index is 0.826. The lowest BCUT2D eigenvalue weighted by Gasteiger charge is -2.05. The van der Waals surface area contributed by atoms with Gasteiger partial charge in [0.2, 0.25) is 0 Å². The molecule has 0 aromatic heterocycles. The molecular formula is C9H14BNO. The lowest BCUT2D eigenvalue weighted by molar-refractivity contribution is 0.415. The van der Waals surface area contributed by atoms with Crippen molar-refractivity contribution < 1.29 is 4.74 Å². The van der Waals surface area contributed by atoms with Gasteiger partial charge in [0.15, 0.2) is 0 Å². The number of benzene rings is 1. The molecule has 0 bridgehead atoms. The molecule has 0 atom stereocenters. The van der Waals surface area contributed by atoms with E-state index in [0.717, 1.165) is 25.0 Å². The highest BCUT2D eigenvalue weighted by atomic mass is 16.5. The van der Waals surface area contributed by atoms with Crippen molar-refractivity contribution in [3.05, 3.63) is 23.8 Å². The molecule has 3 heteroatoms. The topological polar surface area (TPSA) is 35.2 Å². The summed E-state index contributed by atoms with van der Waals surface area (Å²) in [6, 6.07) is 5.84. The van der Waals surface area contributed by atoms with Gasteiger partial charge in [-0.15, -0.1) is 0 Å². The normalized spacial score (nSPS) is 9.50. The van der Waals surface area contributed by atoms with Gasteiger partial charge in [0.1, 0.15) is 13.0 Å². The van der Waals surface area contributed by atoms with Gasteiger partial charge in [0, 0.05) is 11.8 Å². The number of nitrogens with two attached hydrogens (primary N) is 1. The maximum atomic E-state index is 5.80. The summed E-state index contributed by atoms with van der Waals surface area (Å²) in [7, 11) is 2.77. The summed E-state index contributed by atoms with van der Waals surface area (Å²) in [5.74, 6) is 0.826. The first-order valence-corrected chi connectivity index (χ1v) is 4.20. The van der Waals surface area contributed by atoms with Crippen LogP contribution in [0.25, 0.3) is 0 Å². The second kappa shape index (κ2) is 4.05. The molecule has 64 valence electrons. The van der Waals surface area contributed by atoms with Gasteiger partial charge >= 0.3 is 0 Å². The quantitative estimate of drug-likeness (QED) is 0.537. The fourth-order valence-electron chi connectivity index (χ4n) is 1.20. The molecule has 1 aromatic rings. The van der Waals surface area contributed by atoms with Gasteiger partial charge in [-0.1, -0.05) is 19.2 Å². The lowest BCUT2D eigenvalue weighted by atomic mass is 9.75. The average Bonchev–Trinajstić information content (AvgIpc) is 2.09. The number of ether oxygens (including phenoxy) is 1. The number of methoxy groups -OCH3 is 1. The van der Waals surface area contributed by atoms with Gasteiger partial charge in [-0.3, -0.25) is 0 Å². The van der Waals surface area contributed by atoms with Gasteiger partial charge in [0.25, 0.3) is 0 Å². The summed E-state index contributed by atoms with van der Waals surface area (Å²) in [5, 5.41) is 0. The minimum Gasteiger partial charge on any atom is -0.497 e. The molecule has 2 nitrogen and oxygen atoms in total. The molecule has 2 N–H and O–H groups in total. The van der Waals surface area contributed by atoms with Crippen LogP contribution in [0, 0.1) is 0 Å². The van der Waals surface area contributed by atoms with Crippen LogP contribution < -0.4 is 10.5 Å². The highest BCUT2D eigenvalue weighted by Crippen LogP contribution is 2.19. The standard InChI is InChI=1S/C9H14BNO/c1-10-6-7-3-4-8(12-2)5-9(7)11/h3-5,10H,6,11H2,1-2H3. The molecule has 0 unspecified atom stereocenters. The molecule has 12 heavy (non-hydrogen) atoms. The Balaban J connectivity index is 2.87. The predicted octanol–water partition coefficient (Wildman–Crippen LogP) is 1.26. The Bertz CT molecular complexity index is 263. The van der Waals surface area contributed by atoms with Crippen LogP contribution in [0.15, 0.2) is 18.2 Å². The molecule has 0 fully saturated rings. The second-order valence-electron chi connectivity index (χ2n) is 2.81. The summed E-state index contributed by atoms with van der Waals surface area (Å²) in [6.07, 6.45) is 1.04. The third-order valence-electron chi connectivity index (χ3n) is 1.87. The fraction of sp³-hybridized carbons (Fsp3) is 0.333. The zero-order valence-electron chi connectivity index (χ0n) is 7.63. The van der Waals surface area contributed by atoms with Crippen molar-refractivity contribution in [2.45, 2.75) is 13.1 Å². The Kier molecular flexibility index (Phi) is 3.03. The van der Waals surface area contributed by atoms with Crippen LogP contribution in [-0.2, 0) is 6.32 Å². The zero-order valence-corrected chi connectivity index (χ0v) is 7.63. The third kappa shape index (κ3) is 1.94. The summed E-state index contributed by atoms with van der Waals surface area (Å²) in [5.41, 5.74) is 7.84. The number of anilines is 1. The first-order chi connectivity index (χ1) is 5.77. The van der Waals surface area contributed by atoms with E-state index in [4.69, 9.17) is 10.5 Å². The van der Waals surface area contributed by atoms with E-state index in [0.29, 0.717) is 0 Å². The molecule has 0 saturated heterocycles. The number of rotatable bonds is 3. The molecule has 0 radical (unpaired) electrons. The smallest absolute Gasteiger partial charge is 0.122 e. The van der Waals surface area contributed by atoms with Crippen molar-refractivity contribution in [3.63, 3.8) is 0 Å². The maximum Gasteiger partial charge on any atom is 0.122 e. The number of hydrogen-bond donors (Lipinski definition) is 1. The van der Waals surface area contributed by atoms with Gasteiger partial charge in [0.05, 0.1) is 7.11 Å². The second-order valence-corrected chi connectivity index (χ2v) is 2.81. The van der Waals surface area contributed by atoms with Crippen molar-refractivity contribution in [1.29, 1.82) is 0 Å². The van der Waals surface area contributed by atoms with E-state index in [2.05, 4.69) is 6.82 Å². The van der Waals surface area contributed by atoms with Crippen LogP contribution >= 0.6 is 0 Å². The molecule has 0 aliphatic heterocycles. The van der Waals surface area contributed by atoms with E-state index < -0.39 is 0 Å². The van der Waals surface area contributed by atoms with Crippen LogP contribution in [0.2, 0.25) is 6.82 Å². The first kappa shape index (κ1) is 8.98.